The van der Waals surface area contributed by atoms with Crippen LogP contribution in [-0.2, 0) is 4.79 Å². The summed E-state index contributed by atoms with van der Waals surface area (Å²) >= 11 is 1.60. The third-order valence-electron chi connectivity index (χ3n) is 1.36. The molecule has 0 heterocycles. The van der Waals surface area contributed by atoms with E-state index in [4.69, 9.17) is 5.73 Å². The van der Waals surface area contributed by atoms with Crippen molar-refractivity contribution in [2.75, 3.05) is 5.75 Å². The molecule has 2 nitrogen and oxygen atoms in total. The molecular weight excluding hydrogens is 170 g/mol. The second-order valence-electron chi connectivity index (χ2n) is 2.42. The Morgan fingerprint density at radius 1 is 1.42 bits per heavy atom. The summed E-state index contributed by atoms with van der Waals surface area (Å²) in [5, 5.41) is 0. The molecule has 1 aromatic carbocycles. The van der Waals surface area contributed by atoms with Gasteiger partial charge in [-0.25, -0.2) is 0 Å². The van der Waals surface area contributed by atoms with E-state index in [0.717, 1.165) is 11.2 Å². The monoisotopic (exact) mass is 181 g/mol. The number of carbonyl (C=O) groups is 1. The van der Waals surface area contributed by atoms with E-state index in [-0.39, 0.29) is 6.04 Å². The largest absolute Gasteiger partial charge is 0.321 e. The molecule has 0 fully saturated rings. The first-order valence-electron chi connectivity index (χ1n) is 3.71. The highest BCUT2D eigenvalue weighted by molar-refractivity contribution is 7.99. The van der Waals surface area contributed by atoms with Crippen LogP contribution in [0.4, 0.5) is 0 Å². The van der Waals surface area contributed by atoms with Crippen molar-refractivity contribution in [3.63, 3.8) is 0 Å². The van der Waals surface area contributed by atoms with E-state index < -0.39 is 0 Å². The summed E-state index contributed by atoms with van der Waals surface area (Å²) in [5.41, 5.74) is 5.43. The third kappa shape index (κ3) is 3.07. The molecule has 0 aromatic heterocycles. The van der Waals surface area contributed by atoms with Gasteiger partial charge in [-0.1, -0.05) is 18.2 Å². The van der Waals surface area contributed by atoms with Crippen LogP contribution < -0.4 is 5.73 Å². The number of nitrogens with two attached hydrogens (primary N) is 1. The van der Waals surface area contributed by atoms with Gasteiger partial charge in [0.15, 0.2) is 0 Å². The molecule has 0 amide bonds. The van der Waals surface area contributed by atoms with Crippen LogP contribution in [0.2, 0.25) is 0 Å². The number of aldehydes is 1. The zero-order valence-electron chi connectivity index (χ0n) is 6.64. The Labute approximate surface area is 76.2 Å². The fourth-order valence-corrected chi connectivity index (χ4v) is 1.56. The molecule has 64 valence electrons. The maximum atomic E-state index is 10.2. The molecule has 0 bridgehead atoms. The Morgan fingerprint density at radius 2 is 2.08 bits per heavy atom. The Kier molecular flexibility index (Phi) is 3.84. The van der Waals surface area contributed by atoms with Crippen LogP contribution in [0.25, 0.3) is 0 Å². The summed E-state index contributed by atoms with van der Waals surface area (Å²) in [7, 11) is 0. The second-order valence-corrected chi connectivity index (χ2v) is 3.52. The van der Waals surface area contributed by atoms with E-state index in [1.165, 1.54) is 0 Å². The summed E-state index contributed by atoms with van der Waals surface area (Å²) in [4.78, 5) is 11.3. The lowest BCUT2D eigenvalue weighted by Gasteiger charge is -2.02. The minimum atomic E-state index is -0.352. The van der Waals surface area contributed by atoms with Crippen LogP contribution in [-0.4, -0.2) is 18.1 Å². The van der Waals surface area contributed by atoms with E-state index in [2.05, 4.69) is 0 Å². The SMILES string of the molecule is N[C@H](C=O)CSc1ccccc1. The Balaban J connectivity index is 2.38. The molecule has 0 spiro atoms. The second kappa shape index (κ2) is 4.95. The van der Waals surface area contributed by atoms with Crippen LogP contribution in [0.15, 0.2) is 35.2 Å². The molecule has 0 saturated carbocycles. The van der Waals surface area contributed by atoms with Crippen molar-refractivity contribution in [2.24, 2.45) is 5.73 Å². The normalized spacial score (nSPS) is 12.4. The van der Waals surface area contributed by atoms with Crippen LogP contribution in [0.5, 0.6) is 0 Å². The van der Waals surface area contributed by atoms with E-state index in [1.54, 1.807) is 11.8 Å². The number of carbonyl (C=O) groups excluding carboxylic acids is 1. The first kappa shape index (κ1) is 9.29. The average Bonchev–Trinajstić information content (AvgIpc) is 2.16. The van der Waals surface area contributed by atoms with Crippen molar-refractivity contribution in [1.82, 2.24) is 0 Å². The van der Waals surface area contributed by atoms with Gasteiger partial charge >= 0.3 is 0 Å². The number of hydrogen-bond acceptors (Lipinski definition) is 3. The first-order chi connectivity index (χ1) is 5.83. The standard InChI is InChI=1S/C9H11NOS/c10-8(6-11)7-12-9-4-2-1-3-5-9/h1-6,8H,7,10H2/t8-/m1/s1. The zero-order valence-corrected chi connectivity index (χ0v) is 7.46. The molecule has 3 heteroatoms. The fraction of sp³-hybridized carbons (Fsp3) is 0.222. The molecule has 0 unspecified atom stereocenters. The molecule has 0 saturated heterocycles. The Morgan fingerprint density at radius 3 is 2.67 bits per heavy atom. The molecule has 1 atom stereocenters. The smallest absolute Gasteiger partial charge is 0.137 e. The average molecular weight is 181 g/mol. The minimum Gasteiger partial charge on any atom is -0.321 e. The molecule has 0 aliphatic rings. The number of benzene rings is 1. The predicted octanol–water partition coefficient (Wildman–Crippen LogP) is 1.30. The molecular formula is C9H11NOS. The van der Waals surface area contributed by atoms with Gasteiger partial charge in [0.1, 0.15) is 6.29 Å². The summed E-state index contributed by atoms with van der Waals surface area (Å²) in [6.07, 6.45) is 0.774. The van der Waals surface area contributed by atoms with Gasteiger partial charge in [-0.05, 0) is 12.1 Å². The molecule has 1 rings (SSSR count). The third-order valence-corrected chi connectivity index (χ3v) is 2.52. The van der Waals surface area contributed by atoms with Crippen molar-refractivity contribution in [3.8, 4) is 0 Å². The van der Waals surface area contributed by atoms with E-state index in [1.807, 2.05) is 30.3 Å². The molecule has 0 aliphatic heterocycles. The van der Waals surface area contributed by atoms with Gasteiger partial charge in [0.05, 0.1) is 6.04 Å². The van der Waals surface area contributed by atoms with Gasteiger partial charge in [0.2, 0.25) is 0 Å². The lowest BCUT2D eigenvalue weighted by atomic mass is 10.4. The first-order valence-corrected chi connectivity index (χ1v) is 4.70. The van der Waals surface area contributed by atoms with Crippen molar-refractivity contribution in [3.05, 3.63) is 30.3 Å². The molecule has 1 aromatic rings. The maximum absolute atomic E-state index is 10.2. The van der Waals surface area contributed by atoms with Crippen LogP contribution >= 0.6 is 11.8 Å². The summed E-state index contributed by atoms with van der Waals surface area (Å²) < 4.78 is 0. The quantitative estimate of drug-likeness (QED) is 0.562. The van der Waals surface area contributed by atoms with Crippen molar-refractivity contribution in [2.45, 2.75) is 10.9 Å². The Bertz CT molecular complexity index is 238. The highest BCUT2D eigenvalue weighted by atomic mass is 32.2. The van der Waals surface area contributed by atoms with Crippen LogP contribution in [0.3, 0.4) is 0 Å². The number of rotatable bonds is 4. The van der Waals surface area contributed by atoms with Crippen molar-refractivity contribution < 1.29 is 4.79 Å². The summed E-state index contributed by atoms with van der Waals surface area (Å²) in [5.74, 6) is 0.646. The van der Waals surface area contributed by atoms with Gasteiger partial charge in [-0.15, -0.1) is 11.8 Å². The van der Waals surface area contributed by atoms with Crippen LogP contribution in [0.1, 0.15) is 0 Å². The van der Waals surface area contributed by atoms with E-state index >= 15 is 0 Å². The Hall–Kier alpha value is -0.800. The van der Waals surface area contributed by atoms with Gasteiger partial charge in [0.25, 0.3) is 0 Å². The predicted molar refractivity (Wildman–Crippen MR) is 51.2 cm³/mol. The molecule has 2 N–H and O–H groups in total. The molecule has 12 heavy (non-hydrogen) atoms. The van der Waals surface area contributed by atoms with Crippen molar-refractivity contribution >= 4 is 18.0 Å². The van der Waals surface area contributed by atoms with Gasteiger partial charge in [-0.2, -0.15) is 0 Å². The molecule has 0 aliphatic carbocycles. The van der Waals surface area contributed by atoms with Gasteiger partial charge in [0, 0.05) is 10.6 Å². The van der Waals surface area contributed by atoms with Crippen LogP contribution in [0, 0.1) is 0 Å². The number of thioether (sulfide) groups is 1. The topological polar surface area (TPSA) is 43.1 Å². The maximum Gasteiger partial charge on any atom is 0.137 e. The summed E-state index contributed by atoms with van der Waals surface area (Å²) in [6, 6.07) is 9.55. The van der Waals surface area contributed by atoms with Gasteiger partial charge in [-0.3, -0.25) is 0 Å². The highest BCUT2D eigenvalue weighted by Gasteiger charge is 1.99. The lowest BCUT2D eigenvalue weighted by molar-refractivity contribution is -0.108. The van der Waals surface area contributed by atoms with E-state index in [9.17, 15) is 4.79 Å². The van der Waals surface area contributed by atoms with E-state index in [0.29, 0.717) is 5.75 Å². The fourth-order valence-electron chi connectivity index (χ4n) is 0.748. The zero-order chi connectivity index (χ0) is 8.81. The minimum absolute atomic E-state index is 0.352. The summed E-state index contributed by atoms with van der Waals surface area (Å²) in [6.45, 7) is 0. The van der Waals surface area contributed by atoms with Gasteiger partial charge < -0.3 is 10.5 Å². The van der Waals surface area contributed by atoms with Crippen molar-refractivity contribution in [1.29, 1.82) is 0 Å². The number of hydrogen-bond donors (Lipinski definition) is 1. The highest BCUT2D eigenvalue weighted by Crippen LogP contribution is 2.16. The lowest BCUT2D eigenvalue weighted by Crippen LogP contribution is -2.23. The molecule has 0 radical (unpaired) electrons.